The number of H-pyrrole nitrogens is 1. The standard InChI is InChI=1S/C12H12N6/c13-17-11(12-15-7-16-18-12)9-4-3-8-2-1-5-14-10(8)6-9/h1-7,11,17H,13H2,(H,15,16,18). The molecule has 6 nitrogen and oxygen atoms in total. The van der Waals surface area contributed by atoms with Crippen LogP contribution in [0.25, 0.3) is 10.9 Å². The lowest BCUT2D eigenvalue weighted by atomic mass is 10.0. The van der Waals surface area contributed by atoms with E-state index in [-0.39, 0.29) is 6.04 Å². The molecule has 0 radical (unpaired) electrons. The van der Waals surface area contributed by atoms with Crippen molar-refractivity contribution in [2.75, 3.05) is 0 Å². The Kier molecular flexibility index (Phi) is 2.71. The zero-order chi connectivity index (χ0) is 12.4. The number of hydrazine groups is 1. The maximum absolute atomic E-state index is 5.58. The van der Waals surface area contributed by atoms with Gasteiger partial charge in [0, 0.05) is 11.6 Å². The third kappa shape index (κ3) is 1.83. The summed E-state index contributed by atoms with van der Waals surface area (Å²) in [6, 6.07) is 9.71. The predicted molar refractivity (Wildman–Crippen MR) is 67.3 cm³/mol. The molecule has 2 aromatic heterocycles. The molecule has 0 aliphatic rings. The molecule has 3 rings (SSSR count). The van der Waals surface area contributed by atoms with E-state index in [0.717, 1.165) is 16.5 Å². The third-order valence-electron chi connectivity index (χ3n) is 2.84. The number of hydrogen-bond acceptors (Lipinski definition) is 5. The van der Waals surface area contributed by atoms with E-state index in [4.69, 9.17) is 5.84 Å². The van der Waals surface area contributed by atoms with Crippen molar-refractivity contribution in [2.24, 2.45) is 5.84 Å². The van der Waals surface area contributed by atoms with Crippen LogP contribution in [0.4, 0.5) is 0 Å². The van der Waals surface area contributed by atoms with E-state index in [9.17, 15) is 0 Å². The van der Waals surface area contributed by atoms with Gasteiger partial charge in [-0.2, -0.15) is 5.10 Å². The van der Waals surface area contributed by atoms with E-state index in [0.29, 0.717) is 5.82 Å². The normalized spacial score (nSPS) is 12.7. The van der Waals surface area contributed by atoms with Gasteiger partial charge in [0.2, 0.25) is 0 Å². The number of nitrogens with one attached hydrogen (secondary N) is 2. The minimum atomic E-state index is -0.223. The number of hydrogen-bond donors (Lipinski definition) is 3. The number of nitrogens with two attached hydrogens (primary N) is 1. The fraction of sp³-hybridized carbons (Fsp3) is 0.0833. The molecule has 2 heterocycles. The minimum absolute atomic E-state index is 0.223. The Hall–Kier alpha value is -2.31. The molecule has 0 saturated carbocycles. The first-order chi connectivity index (χ1) is 8.88. The Morgan fingerprint density at radius 1 is 1.22 bits per heavy atom. The summed E-state index contributed by atoms with van der Waals surface area (Å²) in [7, 11) is 0. The average molecular weight is 240 g/mol. The number of benzene rings is 1. The second kappa shape index (κ2) is 4.52. The first-order valence-corrected chi connectivity index (χ1v) is 5.54. The monoisotopic (exact) mass is 240 g/mol. The molecule has 0 amide bonds. The Balaban J connectivity index is 2.07. The van der Waals surface area contributed by atoms with Crippen LogP contribution in [0.15, 0.2) is 42.9 Å². The van der Waals surface area contributed by atoms with E-state index < -0.39 is 0 Å². The molecular formula is C12H12N6. The van der Waals surface area contributed by atoms with Crippen molar-refractivity contribution >= 4 is 10.9 Å². The third-order valence-corrected chi connectivity index (χ3v) is 2.84. The Morgan fingerprint density at radius 3 is 2.94 bits per heavy atom. The molecule has 1 aromatic carbocycles. The summed E-state index contributed by atoms with van der Waals surface area (Å²) in [5.74, 6) is 6.26. The largest absolute Gasteiger partial charge is 0.270 e. The van der Waals surface area contributed by atoms with E-state index in [2.05, 4.69) is 25.6 Å². The lowest BCUT2D eigenvalue weighted by Gasteiger charge is -2.13. The van der Waals surface area contributed by atoms with Gasteiger partial charge in [-0.05, 0) is 17.7 Å². The lowest BCUT2D eigenvalue weighted by molar-refractivity contribution is 0.604. The van der Waals surface area contributed by atoms with Gasteiger partial charge >= 0.3 is 0 Å². The van der Waals surface area contributed by atoms with Gasteiger partial charge in [-0.15, -0.1) is 0 Å². The summed E-state index contributed by atoms with van der Waals surface area (Å²) in [6.45, 7) is 0. The van der Waals surface area contributed by atoms with Crippen LogP contribution < -0.4 is 11.3 Å². The number of aromatic amines is 1. The molecule has 0 aliphatic carbocycles. The molecule has 0 spiro atoms. The van der Waals surface area contributed by atoms with Crippen LogP contribution in [0, 0.1) is 0 Å². The summed E-state index contributed by atoms with van der Waals surface area (Å²) in [4.78, 5) is 8.44. The maximum atomic E-state index is 5.58. The molecule has 1 atom stereocenters. The van der Waals surface area contributed by atoms with Gasteiger partial charge in [0.15, 0.2) is 0 Å². The molecule has 0 bridgehead atoms. The highest BCUT2D eigenvalue weighted by molar-refractivity contribution is 5.79. The van der Waals surface area contributed by atoms with Crippen molar-refractivity contribution in [1.82, 2.24) is 25.6 Å². The van der Waals surface area contributed by atoms with Crippen LogP contribution >= 0.6 is 0 Å². The van der Waals surface area contributed by atoms with Gasteiger partial charge in [-0.3, -0.25) is 15.9 Å². The first kappa shape index (κ1) is 10.8. The Labute approximate surface area is 103 Å². The number of nitrogens with zero attached hydrogens (tertiary/aromatic N) is 3. The molecule has 90 valence electrons. The Bertz CT molecular complexity index is 648. The number of rotatable bonds is 3. The van der Waals surface area contributed by atoms with Gasteiger partial charge in [0.1, 0.15) is 18.2 Å². The molecule has 6 heteroatoms. The van der Waals surface area contributed by atoms with Crippen molar-refractivity contribution < 1.29 is 0 Å². The summed E-state index contributed by atoms with van der Waals surface area (Å²) in [5.41, 5.74) is 4.64. The van der Waals surface area contributed by atoms with Crippen molar-refractivity contribution in [3.8, 4) is 0 Å². The highest BCUT2D eigenvalue weighted by Gasteiger charge is 2.15. The topological polar surface area (TPSA) is 92.5 Å². The smallest absolute Gasteiger partial charge is 0.147 e. The quantitative estimate of drug-likeness (QED) is 0.467. The van der Waals surface area contributed by atoms with Crippen LogP contribution in [-0.2, 0) is 0 Å². The summed E-state index contributed by atoms with van der Waals surface area (Å²) < 4.78 is 0. The molecule has 0 fully saturated rings. The molecule has 4 N–H and O–H groups in total. The fourth-order valence-corrected chi connectivity index (χ4v) is 1.95. The lowest BCUT2D eigenvalue weighted by Crippen LogP contribution is -2.29. The van der Waals surface area contributed by atoms with Crippen LogP contribution in [-0.4, -0.2) is 20.2 Å². The average Bonchev–Trinajstić information content (AvgIpc) is 2.93. The van der Waals surface area contributed by atoms with E-state index >= 15 is 0 Å². The van der Waals surface area contributed by atoms with E-state index in [1.807, 2.05) is 30.3 Å². The van der Waals surface area contributed by atoms with E-state index in [1.54, 1.807) is 6.20 Å². The number of aromatic nitrogens is 4. The first-order valence-electron chi connectivity index (χ1n) is 5.54. The van der Waals surface area contributed by atoms with Gasteiger partial charge in [0.05, 0.1) is 5.52 Å². The van der Waals surface area contributed by atoms with Crippen LogP contribution in [0.3, 0.4) is 0 Å². The SMILES string of the molecule is NNC(c1ccc2cccnc2c1)c1ncn[nH]1. The van der Waals surface area contributed by atoms with Gasteiger partial charge in [-0.25, -0.2) is 10.4 Å². The van der Waals surface area contributed by atoms with Crippen LogP contribution in [0.2, 0.25) is 0 Å². The number of fused-ring (bicyclic) bond motifs is 1. The van der Waals surface area contributed by atoms with Crippen LogP contribution in [0.5, 0.6) is 0 Å². The molecule has 0 aliphatic heterocycles. The fourth-order valence-electron chi connectivity index (χ4n) is 1.95. The van der Waals surface area contributed by atoms with Crippen molar-refractivity contribution in [3.05, 3.63) is 54.2 Å². The van der Waals surface area contributed by atoms with Crippen molar-refractivity contribution in [3.63, 3.8) is 0 Å². The molecular weight excluding hydrogens is 228 g/mol. The van der Waals surface area contributed by atoms with Crippen LogP contribution in [0.1, 0.15) is 17.4 Å². The maximum Gasteiger partial charge on any atom is 0.147 e. The zero-order valence-electron chi connectivity index (χ0n) is 9.54. The molecule has 1 unspecified atom stereocenters. The van der Waals surface area contributed by atoms with Gasteiger partial charge in [0.25, 0.3) is 0 Å². The van der Waals surface area contributed by atoms with Gasteiger partial charge in [-0.1, -0.05) is 18.2 Å². The second-order valence-corrected chi connectivity index (χ2v) is 3.93. The van der Waals surface area contributed by atoms with E-state index in [1.165, 1.54) is 6.33 Å². The second-order valence-electron chi connectivity index (χ2n) is 3.93. The van der Waals surface area contributed by atoms with Crippen molar-refractivity contribution in [2.45, 2.75) is 6.04 Å². The molecule has 3 aromatic rings. The predicted octanol–water partition coefficient (Wildman–Crippen LogP) is 0.906. The highest BCUT2D eigenvalue weighted by atomic mass is 15.3. The summed E-state index contributed by atoms with van der Waals surface area (Å²) in [6.07, 6.45) is 3.23. The number of pyridine rings is 1. The molecule has 18 heavy (non-hydrogen) atoms. The van der Waals surface area contributed by atoms with Gasteiger partial charge < -0.3 is 0 Å². The van der Waals surface area contributed by atoms with Crippen molar-refractivity contribution in [1.29, 1.82) is 0 Å². The summed E-state index contributed by atoms with van der Waals surface area (Å²) in [5, 5.41) is 7.73. The highest BCUT2D eigenvalue weighted by Crippen LogP contribution is 2.21. The molecule has 0 saturated heterocycles. The minimum Gasteiger partial charge on any atom is -0.270 e. The zero-order valence-corrected chi connectivity index (χ0v) is 9.54. The summed E-state index contributed by atoms with van der Waals surface area (Å²) >= 11 is 0. The Morgan fingerprint density at radius 2 is 2.17 bits per heavy atom.